The van der Waals surface area contributed by atoms with Crippen LogP contribution < -0.4 is 10.1 Å². The van der Waals surface area contributed by atoms with Crippen LogP contribution in [0.2, 0.25) is 0 Å². The molecule has 1 aliphatic rings. The number of rotatable bonds is 2. The molecule has 1 aromatic carbocycles. The summed E-state index contributed by atoms with van der Waals surface area (Å²) in [7, 11) is 0. The Morgan fingerprint density at radius 2 is 2.06 bits per heavy atom. The van der Waals surface area contributed by atoms with E-state index in [1.165, 1.54) is 0 Å². The minimum atomic E-state index is -0.331. The van der Waals surface area contributed by atoms with E-state index < -0.39 is 0 Å². The summed E-state index contributed by atoms with van der Waals surface area (Å²) in [6.45, 7) is 3.86. The van der Waals surface area contributed by atoms with E-state index >= 15 is 0 Å². The Morgan fingerprint density at radius 1 is 1.31 bits per heavy atom. The van der Waals surface area contributed by atoms with Crippen LogP contribution in [0.1, 0.15) is 29.8 Å². The zero-order valence-corrected chi connectivity index (χ0v) is 9.24. The molecule has 4 nitrogen and oxygen atoms in total. The second-order valence-electron chi connectivity index (χ2n) is 4.04. The van der Waals surface area contributed by atoms with Crippen LogP contribution in [0.5, 0.6) is 5.75 Å². The summed E-state index contributed by atoms with van der Waals surface area (Å²) in [6.07, 6.45) is 0.308. The number of carbonyl (C=O) groups is 2. The molecule has 0 spiro atoms. The molecule has 0 bridgehead atoms. The zero-order valence-electron chi connectivity index (χ0n) is 9.24. The molecule has 0 saturated carbocycles. The normalized spacial score (nSPS) is 14.7. The molecule has 4 heteroatoms. The van der Waals surface area contributed by atoms with Crippen LogP contribution in [-0.2, 0) is 11.2 Å². The molecule has 1 aliphatic heterocycles. The number of amides is 2. The summed E-state index contributed by atoms with van der Waals surface area (Å²) in [6, 6.07) is 5.19. The number of nitrogens with one attached hydrogen (secondary N) is 1. The monoisotopic (exact) mass is 219 g/mol. The first kappa shape index (κ1) is 10.7. The Labute approximate surface area is 93.6 Å². The van der Waals surface area contributed by atoms with E-state index in [9.17, 15) is 9.59 Å². The standard InChI is InChI=1S/C12H13NO3/c1-7(2)16-9-3-4-10-8(5-9)6-11(14)13-12(10)15/h3-5,7H,6H2,1-2H3,(H,13,14,15). The van der Waals surface area contributed by atoms with E-state index in [4.69, 9.17) is 4.74 Å². The first-order chi connectivity index (χ1) is 7.56. The van der Waals surface area contributed by atoms with Crippen LogP contribution >= 0.6 is 0 Å². The second kappa shape index (κ2) is 3.96. The summed E-state index contributed by atoms with van der Waals surface area (Å²) in [5.74, 6) is 0.0952. The Hall–Kier alpha value is -1.84. The molecule has 1 N–H and O–H groups in total. The third kappa shape index (κ3) is 2.05. The van der Waals surface area contributed by atoms with Gasteiger partial charge in [-0.05, 0) is 37.6 Å². The van der Waals surface area contributed by atoms with Crippen molar-refractivity contribution in [3.8, 4) is 5.75 Å². The molecule has 2 rings (SSSR count). The molecule has 2 amide bonds. The number of hydrogen-bond donors (Lipinski definition) is 1. The molecule has 1 heterocycles. The lowest BCUT2D eigenvalue weighted by Gasteiger charge is -2.17. The number of imide groups is 1. The van der Waals surface area contributed by atoms with Crippen molar-refractivity contribution in [2.45, 2.75) is 26.4 Å². The molecule has 1 aromatic rings. The SMILES string of the molecule is CC(C)Oc1ccc2c(c1)CC(=O)NC2=O. The van der Waals surface area contributed by atoms with Crippen LogP contribution in [0.25, 0.3) is 0 Å². The van der Waals surface area contributed by atoms with Gasteiger partial charge in [0.25, 0.3) is 5.91 Å². The molecule has 0 unspecified atom stereocenters. The maximum Gasteiger partial charge on any atom is 0.258 e. The van der Waals surface area contributed by atoms with E-state index in [-0.39, 0.29) is 24.3 Å². The fourth-order valence-corrected chi connectivity index (χ4v) is 1.69. The highest BCUT2D eigenvalue weighted by molar-refractivity contribution is 6.09. The lowest BCUT2D eigenvalue weighted by Crippen LogP contribution is -2.37. The van der Waals surface area contributed by atoms with Gasteiger partial charge in [-0.25, -0.2) is 0 Å². The number of benzene rings is 1. The van der Waals surface area contributed by atoms with Crippen molar-refractivity contribution in [1.82, 2.24) is 5.32 Å². The van der Waals surface area contributed by atoms with Gasteiger partial charge in [0.05, 0.1) is 12.5 Å². The van der Waals surface area contributed by atoms with Gasteiger partial charge >= 0.3 is 0 Å². The van der Waals surface area contributed by atoms with Crippen LogP contribution in [-0.4, -0.2) is 17.9 Å². The minimum Gasteiger partial charge on any atom is -0.491 e. The largest absolute Gasteiger partial charge is 0.491 e. The summed E-state index contributed by atoms with van der Waals surface area (Å²) in [4.78, 5) is 22.7. The van der Waals surface area contributed by atoms with Gasteiger partial charge in [0.1, 0.15) is 5.75 Å². The van der Waals surface area contributed by atoms with Gasteiger partial charge in [0.15, 0.2) is 0 Å². The zero-order chi connectivity index (χ0) is 11.7. The van der Waals surface area contributed by atoms with Crippen molar-refractivity contribution in [2.24, 2.45) is 0 Å². The molecule has 0 fully saturated rings. The molecule has 0 saturated heterocycles. The van der Waals surface area contributed by atoms with E-state index in [1.54, 1.807) is 18.2 Å². The maximum absolute atomic E-state index is 11.5. The Morgan fingerprint density at radius 3 is 2.75 bits per heavy atom. The highest BCUT2D eigenvalue weighted by Crippen LogP contribution is 2.21. The first-order valence-corrected chi connectivity index (χ1v) is 5.20. The van der Waals surface area contributed by atoms with E-state index in [2.05, 4.69) is 5.32 Å². The maximum atomic E-state index is 11.5. The first-order valence-electron chi connectivity index (χ1n) is 5.20. The van der Waals surface area contributed by atoms with Gasteiger partial charge in [-0.3, -0.25) is 14.9 Å². The van der Waals surface area contributed by atoms with Crippen molar-refractivity contribution in [3.63, 3.8) is 0 Å². The van der Waals surface area contributed by atoms with Crippen LogP contribution in [0, 0.1) is 0 Å². The van der Waals surface area contributed by atoms with Crippen LogP contribution in [0.3, 0.4) is 0 Å². The highest BCUT2D eigenvalue weighted by Gasteiger charge is 2.22. The predicted molar refractivity (Wildman–Crippen MR) is 58.4 cm³/mol. The van der Waals surface area contributed by atoms with Crippen molar-refractivity contribution in [1.29, 1.82) is 0 Å². The molecular formula is C12H13NO3. The average Bonchev–Trinajstić information content (AvgIpc) is 2.15. The number of ether oxygens (including phenoxy) is 1. The summed E-state index contributed by atoms with van der Waals surface area (Å²) in [5, 5.41) is 2.28. The fourth-order valence-electron chi connectivity index (χ4n) is 1.69. The van der Waals surface area contributed by atoms with Crippen LogP contribution in [0.4, 0.5) is 0 Å². The topological polar surface area (TPSA) is 55.4 Å². The van der Waals surface area contributed by atoms with Gasteiger partial charge < -0.3 is 4.74 Å². The third-order valence-electron chi connectivity index (χ3n) is 2.30. The lowest BCUT2D eigenvalue weighted by atomic mass is 10.00. The summed E-state index contributed by atoms with van der Waals surface area (Å²) >= 11 is 0. The molecule has 0 aromatic heterocycles. The number of fused-ring (bicyclic) bond motifs is 1. The van der Waals surface area contributed by atoms with Gasteiger partial charge in [-0.1, -0.05) is 0 Å². The fraction of sp³-hybridized carbons (Fsp3) is 0.333. The Balaban J connectivity index is 2.34. The van der Waals surface area contributed by atoms with Crippen molar-refractivity contribution in [2.75, 3.05) is 0 Å². The number of hydrogen-bond acceptors (Lipinski definition) is 3. The minimum absolute atomic E-state index is 0.0752. The van der Waals surface area contributed by atoms with Crippen LogP contribution in [0.15, 0.2) is 18.2 Å². The van der Waals surface area contributed by atoms with E-state index in [1.807, 2.05) is 13.8 Å². The molecular weight excluding hydrogens is 206 g/mol. The molecule has 16 heavy (non-hydrogen) atoms. The quantitative estimate of drug-likeness (QED) is 0.762. The van der Waals surface area contributed by atoms with Gasteiger partial charge in [-0.2, -0.15) is 0 Å². The van der Waals surface area contributed by atoms with E-state index in [0.717, 1.165) is 5.56 Å². The summed E-state index contributed by atoms with van der Waals surface area (Å²) in [5.41, 5.74) is 1.28. The van der Waals surface area contributed by atoms with E-state index in [0.29, 0.717) is 11.3 Å². The molecule has 0 atom stereocenters. The van der Waals surface area contributed by atoms with Crippen molar-refractivity contribution < 1.29 is 14.3 Å². The number of carbonyl (C=O) groups excluding carboxylic acids is 2. The molecule has 84 valence electrons. The summed E-state index contributed by atoms with van der Waals surface area (Å²) < 4.78 is 5.51. The second-order valence-corrected chi connectivity index (χ2v) is 4.04. The molecule has 0 aliphatic carbocycles. The van der Waals surface area contributed by atoms with Crippen molar-refractivity contribution >= 4 is 11.8 Å². The predicted octanol–water partition coefficient (Wildman–Crippen LogP) is 1.29. The molecule has 0 radical (unpaired) electrons. The third-order valence-corrected chi connectivity index (χ3v) is 2.30. The lowest BCUT2D eigenvalue weighted by molar-refractivity contribution is -0.119. The van der Waals surface area contributed by atoms with Gasteiger partial charge in [-0.15, -0.1) is 0 Å². The smallest absolute Gasteiger partial charge is 0.258 e. The highest BCUT2D eigenvalue weighted by atomic mass is 16.5. The van der Waals surface area contributed by atoms with Gasteiger partial charge in [0, 0.05) is 5.56 Å². The average molecular weight is 219 g/mol. The van der Waals surface area contributed by atoms with Crippen molar-refractivity contribution in [3.05, 3.63) is 29.3 Å². The Kier molecular flexibility index (Phi) is 2.64. The van der Waals surface area contributed by atoms with Gasteiger partial charge in [0.2, 0.25) is 5.91 Å². The Bertz CT molecular complexity index is 452.